The van der Waals surface area contributed by atoms with E-state index in [1.54, 1.807) is 31.0 Å². The maximum atomic E-state index is 13.3. The smallest absolute Gasteiger partial charge is 0.243 e. The van der Waals surface area contributed by atoms with Gasteiger partial charge in [0.2, 0.25) is 10.0 Å². The van der Waals surface area contributed by atoms with Gasteiger partial charge >= 0.3 is 0 Å². The molecule has 0 bridgehead atoms. The predicted molar refractivity (Wildman–Crippen MR) is 121 cm³/mol. The number of hydrogen-bond donors (Lipinski definition) is 1. The van der Waals surface area contributed by atoms with E-state index in [1.165, 1.54) is 4.31 Å². The SMILES string of the molecule is COc1ccc(CS[C@@H]2C[C@@H](CO)N(S(=O)(=O)c3ccc4ccccc4c3)C2)cc1. The van der Waals surface area contributed by atoms with E-state index < -0.39 is 16.1 Å². The summed E-state index contributed by atoms with van der Waals surface area (Å²) in [5.74, 6) is 1.61. The molecular formula is C23H25NO4S2. The van der Waals surface area contributed by atoms with Crippen LogP contribution in [0, 0.1) is 0 Å². The van der Waals surface area contributed by atoms with E-state index >= 15 is 0 Å². The molecule has 0 aromatic heterocycles. The Bertz CT molecular complexity index is 1120. The van der Waals surface area contributed by atoms with Crippen LogP contribution in [0.15, 0.2) is 71.6 Å². The Hall–Kier alpha value is -2.06. The average molecular weight is 444 g/mol. The number of methoxy groups -OCH3 is 1. The summed E-state index contributed by atoms with van der Waals surface area (Å²) in [6.07, 6.45) is 0.643. The third-order valence-electron chi connectivity index (χ3n) is 5.51. The largest absolute Gasteiger partial charge is 0.497 e. The molecule has 1 N–H and O–H groups in total. The number of aliphatic hydroxyl groups is 1. The second kappa shape index (κ2) is 8.98. The molecule has 0 amide bonds. The van der Waals surface area contributed by atoms with E-state index in [-0.39, 0.29) is 16.8 Å². The van der Waals surface area contributed by atoms with Crippen LogP contribution in [-0.4, -0.2) is 49.4 Å². The first-order chi connectivity index (χ1) is 14.5. The lowest BCUT2D eigenvalue weighted by Crippen LogP contribution is -2.37. The first kappa shape index (κ1) is 21.2. The number of benzene rings is 3. The van der Waals surface area contributed by atoms with E-state index in [0.717, 1.165) is 27.8 Å². The van der Waals surface area contributed by atoms with Gasteiger partial charge in [-0.05, 0) is 47.0 Å². The zero-order valence-corrected chi connectivity index (χ0v) is 18.4. The molecule has 0 spiro atoms. The van der Waals surface area contributed by atoms with Crippen molar-refractivity contribution >= 4 is 32.6 Å². The van der Waals surface area contributed by atoms with Crippen molar-refractivity contribution in [3.05, 3.63) is 72.3 Å². The zero-order chi connectivity index (χ0) is 21.1. The first-order valence-corrected chi connectivity index (χ1v) is 12.4. The molecule has 7 heteroatoms. The van der Waals surface area contributed by atoms with Gasteiger partial charge < -0.3 is 9.84 Å². The Morgan fingerprint density at radius 3 is 2.50 bits per heavy atom. The molecule has 0 unspecified atom stereocenters. The van der Waals surface area contributed by atoms with Crippen molar-refractivity contribution in [3.63, 3.8) is 0 Å². The Morgan fingerprint density at radius 1 is 1.07 bits per heavy atom. The van der Waals surface area contributed by atoms with Gasteiger partial charge in [-0.25, -0.2) is 8.42 Å². The van der Waals surface area contributed by atoms with Gasteiger partial charge in [0.1, 0.15) is 5.75 Å². The molecule has 1 aliphatic rings. The second-order valence-electron chi connectivity index (χ2n) is 7.44. The normalized spacial score (nSPS) is 19.9. The molecule has 1 aliphatic heterocycles. The highest BCUT2D eigenvalue weighted by Gasteiger charge is 2.40. The van der Waals surface area contributed by atoms with Gasteiger partial charge in [0.05, 0.1) is 18.6 Å². The summed E-state index contributed by atoms with van der Waals surface area (Å²) in [7, 11) is -2.03. The molecule has 1 heterocycles. The maximum Gasteiger partial charge on any atom is 0.243 e. The number of nitrogens with zero attached hydrogens (tertiary/aromatic N) is 1. The number of sulfonamides is 1. The van der Waals surface area contributed by atoms with Crippen LogP contribution in [0.1, 0.15) is 12.0 Å². The summed E-state index contributed by atoms with van der Waals surface area (Å²) in [5, 5.41) is 11.9. The molecule has 3 aromatic rings. The van der Waals surface area contributed by atoms with Crippen LogP contribution in [0.3, 0.4) is 0 Å². The topological polar surface area (TPSA) is 66.8 Å². The predicted octanol–water partition coefficient (Wildman–Crippen LogP) is 3.91. The van der Waals surface area contributed by atoms with Crippen LogP contribution < -0.4 is 4.74 Å². The first-order valence-electron chi connectivity index (χ1n) is 9.87. The third kappa shape index (κ3) is 4.34. The highest BCUT2D eigenvalue weighted by Crippen LogP contribution is 2.34. The van der Waals surface area contributed by atoms with Crippen molar-refractivity contribution in [2.75, 3.05) is 20.3 Å². The van der Waals surface area contributed by atoms with Gasteiger partial charge in [0.25, 0.3) is 0 Å². The molecule has 0 saturated carbocycles. The van der Waals surface area contributed by atoms with Crippen LogP contribution in [-0.2, 0) is 15.8 Å². The second-order valence-corrected chi connectivity index (χ2v) is 10.6. The lowest BCUT2D eigenvalue weighted by atomic mass is 10.1. The molecule has 1 saturated heterocycles. The average Bonchev–Trinajstić information content (AvgIpc) is 3.22. The van der Waals surface area contributed by atoms with Crippen molar-refractivity contribution in [2.24, 2.45) is 0 Å². The molecule has 5 nitrogen and oxygen atoms in total. The maximum absolute atomic E-state index is 13.3. The van der Waals surface area contributed by atoms with E-state index in [9.17, 15) is 13.5 Å². The third-order valence-corrected chi connectivity index (χ3v) is 8.74. The van der Waals surface area contributed by atoms with Gasteiger partial charge in [0.15, 0.2) is 0 Å². The number of thioether (sulfide) groups is 1. The van der Waals surface area contributed by atoms with E-state index in [1.807, 2.05) is 54.6 Å². The monoisotopic (exact) mass is 443 g/mol. The molecule has 3 aromatic carbocycles. The minimum atomic E-state index is -3.67. The van der Waals surface area contributed by atoms with Crippen molar-refractivity contribution in [3.8, 4) is 5.75 Å². The minimum Gasteiger partial charge on any atom is -0.497 e. The Kier molecular flexibility index (Phi) is 6.34. The van der Waals surface area contributed by atoms with Gasteiger partial charge in [0, 0.05) is 23.6 Å². The summed E-state index contributed by atoms with van der Waals surface area (Å²) in [4.78, 5) is 0.278. The van der Waals surface area contributed by atoms with Crippen molar-refractivity contribution in [2.45, 2.75) is 28.4 Å². The number of rotatable bonds is 7. The minimum absolute atomic E-state index is 0.138. The lowest BCUT2D eigenvalue weighted by molar-refractivity contribution is 0.213. The van der Waals surface area contributed by atoms with Crippen LogP contribution in [0.25, 0.3) is 10.8 Å². The summed E-state index contributed by atoms with van der Waals surface area (Å²) < 4.78 is 33.3. The highest BCUT2D eigenvalue weighted by atomic mass is 32.2. The number of ether oxygens (including phenoxy) is 1. The Morgan fingerprint density at radius 2 is 1.80 bits per heavy atom. The van der Waals surface area contributed by atoms with E-state index in [0.29, 0.717) is 13.0 Å². The van der Waals surface area contributed by atoms with Crippen molar-refractivity contribution in [1.29, 1.82) is 0 Å². The molecule has 0 aliphatic carbocycles. The van der Waals surface area contributed by atoms with Crippen LogP contribution in [0.2, 0.25) is 0 Å². The van der Waals surface area contributed by atoms with E-state index in [4.69, 9.17) is 4.74 Å². The standard InChI is InChI=1S/C23H25NO4S2/c1-28-21-9-6-17(7-10-21)16-29-22-13-20(15-25)24(14-22)30(26,27)23-11-8-18-4-2-3-5-19(18)12-23/h2-12,20,22,25H,13-16H2,1H3/t20-,22+/m0/s1. The summed E-state index contributed by atoms with van der Waals surface area (Å²) in [6, 6.07) is 20.4. The van der Waals surface area contributed by atoms with Gasteiger partial charge in [-0.3, -0.25) is 0 Å². The molecule has 30 heavy (non-hydrogen) atoms. The van der Waals surface area contributed by atoms with Crippen LogP contribution in [0.5, 0.6) is 5.75 Å². The molecule has 0 radical (unpaired) electrons. The molecule has 2 atom stereocenters. The summed E-state index contributed by atoms with van der Waals surface area (Å²) >= 11 is 1.73. The summed E-state index contributed by atoms with van der Waals surface area (Å²) in [6.45, 7) is 0.230. The van der Waals surface area contributed by atoms with Gasteiger partial charge in [-0.15, -0.1) is 0 Å². The number of fused-ring (bicyclic) bond motifs is 1. The highest BCUT2D eigenvalue weighted by molar-refractivity contribution is 7.99. The zero-order valence-electron chi connectivity index (χ0n) is 16.8. The fourth-order valence-electron chi connectivity index (χ4n) is 3.83. The Labute approximate surface area is 181 Å². The van der Waals surface area contributed by atoms with Crippen LogP contribution >= 0.6 is 11.8 Å². The van der Waals surface area contributed by atoms with Crippen molar-refractivity contribution < 1.29 is 18.3 Å². The van der Waals surface area contributed by atoms with Gasteiger partial charge in [-0.2, -0.15) is 16.1 Å². The summed E-state index contributed by atoms with van der Waals surface area (Å²) in [5.41, 5.74) is 1.16. The van der Waals surface area contributed by atoms with Crippen molar-refractivity contribution in [1.82, 2.24) is 4.31 Å². The lowest BCUT2D eigenvalue weighted by Gasteiger charge is -2.22. The Balaban J connectivity index is 1.49. The molecular weight excluding hydrogens is 418 g/mol. The fourth-order valence-corrected chi connectivity index (χ4v) is 6.87. The van der Waals surface area contributed by atoms with Crippen LogP contribution in [0.4, 0.5) is 0 Å². The molecule has 1 fully saturated rings. The number of aliphatic hydroxyl groups excluding tert-OH is 1. The molecule has 158 valence electrons. The molecule has 4 rings (SSSR count). The quantitative estimate of drug-likeness (QED) is 0.600. The van der Waals surface area contributed by atoms with Gasteiger partial charge in [-0.1, -0.05) is 42.5 Å². The number of hydrogen-bond acceptors (Lipinski definition) is 5. The fraction of sp³-hybridized carbons (Fsp3) is 0.304. The van der Waals surface area contributed by atoms with E-state index in [2.05, 4.69) is 0 Å².